The maximum Gasteiger partial charge on any atom is 0.137 e. The molecule has 10 rings (SSSR count). The van der Waals surface area contributed by atoms with Crippen LogP contribution in [0.25, 0.3) is 55.1 Å². The SMILES string of the molecule is Cc1cc(C)c2c3c(C)cc(C)c(C)c3n(-c3ccnc(-n4c5[c-]c(Oc6[c-]c(N7[CH-]N(C)c8cccnc87)cc(C(C)(C)C)c6)ccc5c5ccccc54)c3)c2c1C.[Pt]. The van der Waals surface area contributed by atoms with Crippen molar-refractivity contribution < 1.29 is 25.8 Å². The number of nitrogens with zero attached hydrogens (tertiary/aromatic N) is 6. The van der Waals surface area contributed by atoms with Crippen molar-refractivity contribution in [3.63, 3.8) is 0 Å². The van der Waals surface area contributed by atoms with Gasteiger partial charge in [0.05, 0.1) is 16.7 Å². The molecule has 0 aliphatic carbocycles. The molecule has 0 saturated carbocycles. The fourth-order valence-corrected chi connectivity index (χ4v) is 9.11. The van der Waals surface area contributed by atoms with E-state index >= 15 is 0 Å². The summed E-state index contributed by atoms with van der Waals surface area (Å²) in [5.41, 5.74) is 16.1. The van der Waals surface area contributed by atoms with E-state index in [-0.39, 0.29) is 26.5 Å². The summed E-state index contributed by atoms with van der Waals surface area (Å²) in [5.74, 6) is 2.87. The number of aromatic nitrogens is 4. The summed E-state index contributed by atoms with van der Waals surface area (Å²) < 4.78 is 11.5. The minimum atomic E-state index is -0.139. The molecule has 1 aliphatic rings. The molecule has 0 amide bonds. The van der Waals surface area contributed by atoms with Crippen LogP contribution in [0.4, 0.5) is 17.2 Å². The van der Waals surface area contributed by atoms with E-state index in [1.165, 1.54) is 55.2 Å². The Bertz CT molecular complexity index is 3130. The molecule has 0 unspecified atom stereocenters. The number of aryl methyl sites for hydroxylation is 6. The number of pyridine rings is 2. The van der Waals surface area contributed by atoms with Gasteiger partial charge in [0.15, 0.2) is 0 Å². The number of benzene rings is 5. The summed E-state index contributed by atoms with van der Waals surface area (Å²) in [4.78, 5) is 13.9. The van der Waals surface area contributed by atoms with Crippen LogP contribution in [0.2, 0.25) is 0 Å². The third kappa shape index (κ3) is 6.12. The second kappa shape index (κ2) is 14.4. The zero-order valence-electron chi connectivity index (χ0n) is 35.7. The van der Waals surface area contributed by atoms with E-state index in [0.29, 0.717) is 11.5 Å². The topological polar surface area (TPSA) is 51.4 Å². The molecule has 5 heterocycles. The molecule has 0 atom stereocenters. The van der Waals surface area contributed by atoms with Crippen LogP contribution in [0.15, 0.2) is 97.3 Å². The number of hydrogen-bond acceptors (Lipinski definition) is 5. The van der Waals surface area contributed by atoms with E-state index in [0.717, 1.165) is 56.1 Å². The molecular weight excluding hydrogens is 920 g/mol. The Balaban J connectivity index is 0.00000462. The zero-order chi connectivity index (χ0) is 41.1. The third-order valence-corrected chi connectivity index (χ3v) is 12.3. The average molecular weight is 967 g/mol. The normalized spacial score (nSPS) is 12.9. The minimum Gasteiger partial charge on any atom is -0.509 e. The molecule has 0 fully saturated rings. The molecule has 60 heavy (non-hydrogen) atoms. The fraction of sp³-hybridized carbons (Fsp3) is 0.212. The van der Waals surface area contributed by atoms with Crippen LogP contribution < -0.4 is 14.5 Å². The number of para-hydroxylation sites is 1. The third-order valence-electron chi connectivity index (χ3n) is 12.3. The first kappa shape index (κ1) is 39.5. The summed E-state index contributed by atoms with van der Waals surface area (Å²) in [7, 11) is 2.04. The van der Waals surface area contributed by atoms with Gasteiger partial charge in [-0.25, -0.2) is 9.97 Å². The van der Waals surface area contributed by atoms with Crippen molar-refractivity contribution in [1.82, 2.24) is 19.1 Å². The summed E-state index contributed by atoms with van der Waals surface area (Å²) >= 11 is 0. The molecule has 7 nitrogen and oxygen atoms in total. The van der Waals surface area contributed by atoms with Gasteiger partial charge >= 0.3 is 0 Å². The molecule has 0 spiro atoms. The minimum absolute atomic E-state index is 0. The van der Waals surface area contributed by atoms with Gasteiger partial charge in [0, 0.05) is 73.0 Å². The van der Waals surface area contributed by atoms with Crippen LogP contribution in [0, 0.1) is 60.3 Å². The van der Waals surface area contributed by atoms with E-state index in [1.54, 1.807) is 0 Å². The van der Waals surface area contributed by atoms with Crippen molar-refractivity contribution in [2.45, 2.75) is 67.7 Å². The molecule has 8 heteroatoms. The Kier molecular flexibility index (Phi) is 9.48. The number of rotatable bonds is 5. The standard InChI is InChI=1S/C52H47N6O.Pt/c1-30-22-32(3)47-48-33(4)23-31(2)35(6)50(48)57(49(47)34(30)5)37-19-21-53-46(27-37)58-43-15-12-11-14-41(43)42-18-17-39(28-45(42)58)59-40-25-36(52(7,8)9)24-38(26-40)56-29-55(10)44-16-13-20-54-51(44)56;/h11-25,27,29H,1-10H3;/q-3;. The summed E-state index contributed by atoms with van der Waals surface area (Å²) in [6.07, 6.45) is 3.76. The first-order chi connectivity index (χ1) is 28.3. The molecule has 0 N–H and O–H groups in total. The monoisotopic (exact) mass is 966 g/mol. The van der Waals surface area contributed by atoms with Crippen molar-refractivity contribution in [2.24, 2.45) is 0 Å². The smallest absolute Gasteiger partial charge is 0.137 e. The first-order valence-corrected chi connectivity index (χ1v) is 20.3. The van der Waals surface area contributed by atoms with Crippen molar-refractivity contribution in [3.8, 4) is 23.0 Å². The molecule has 5 aromatic carbocycles. The number of anilines is 3. The van der Waals surface area contributed by atoms with E-state index < -0.39 is 0 Å². The van der Waals surface area contributed by atoms with Crippen LogP contribution >= 0.6 is 0 Å². The predicted molar refractivity (Wildman–Crippen MR) is 243 cm³/mol. The molecule has 9 aromatic rings. The Morgan fingerprint density at radius 3 is 2.05 bits per heavy atom. The van der Waals surface area contributed by atoms with Crippen LogP contribution in [0.5, 0.6) is 11.5 Å². The summed E-state index contributed by atoms with van der Waals surface area (Å²) in [5, 5.41) is 4.84. The van der Waals surface area contributed by atoms with Gasteiger partial charge in [0.25, 0.3) is 0 Å². The maximum atomic E-state index is 6.75. The Labute approximate surface area is 366 Å². The van der Waals surface area contributed by atoms with Crippen molar-refractivity contribution in [2.75, 3.05) is 16.8 Å². The molecule has 0 radical (unpaired) electrons. The molecule has 4 aromatic heterocycles. The van der Waals surface area contributed by atoms with E-state index in [9.17, 15) is 0 Å². The largest absolute Gasteiger partial charge is 0.509 e. The second-order valence-corrected chi connectivity index (χ2v) is 17.3. The Hall–Kier alpha value is -5.91. The van der Waals surface area contributed by atoms with E-state index in [2.05, 4.69) is 166 Å². The Morgan fingerprint density at radius 2 is 1.35 bits per heavy atom. The number of hydrogen-bond donors (Lipinski definition) is 0. The van der Waals surface area contributed by atoms with Crippen molar-refractivity contribution in [1.29, 1.82) is 0 Å². The van der Waals surface area contributed by atoms with Gasteiger partial charge in [0.2, 0.25) is 0 Å². The van der Waals surface area contributed by atoms with E-state index in [1.807, 2.05) is 38.2 Å². The number of ether oxygens (including phenoxy) is 1. The van der Waals surface area contributed by atoms with Crippen LogP contribution in [0.1, 0.15) is 59.7 Å². The molecule has 304 valence electrons. The zero-order valence-corrected chi connectivity index (χ0v) is 38.0. The van der Waals surface area contributed by atoms with Crippen LogP contribution in [0.3, 0.4) is 0 Å². The van der Waals surface area contributed by atoms with Crippen molar-refractivity contribution >= 4 is 60.8 Å². The van der Waals surface area contributed by atoms with Gasteiger partial charge in [-0.05, 0) is 117 Å². The molecule has 1 aliphatic heterocycles. The summed E-state index contributed by atoms with van der Waals surface area (Å²) in [6, 6.07) is 37.3. The van der Waals surface area contributed by atoms with Gasteiger partial charge in [-0.2, -0.15) is 12.7 Å². The molecular formula is C52H47N6OPt-3. The molecule has 0 saturated heterocycles. The van der Waals surface area contributed by atoms with Crippen LogP contribution in [-0.4, -0.2) is 26.1 Å². The van der Waals surface area contributed by atoms with Gasteiger partial charge < -0.3 is 23.7 Å². The second-order valence-electron chi connectivity index (χ2n) is 17.3. The first-order valence-electron chi connectivity index (χ1n) is 20.3. The molecule has 0 bridgehead atoms. The predicted octanol–water partition coefficient (Wildman–Crippen LogP) is 12.9. The van der Waals surface area contributed by atoms with Gasteiger partial charge in [-0.15, -0.1) is 41.3 Å². The van der Waals surface area contributed by atoms with E-state index in [4.69, 9.17) is 14.7 Å². The fourth-order valence-electron chi connectivity index (χ4n) is 9.11. The van der Waals surface area contributed by atoms with Gasteiger partial charge in [-0.1, -0.05) is 62.3 Å². The van der Waals surface area contributed by atoms with Gasteiger partial charge in [0.1, 0.15) is 11.6 Å². The van der Waals surface area contributed by atoms with Crippen molar-refractivity contribution in [3.05, 3.63) is 155 Å². The quantitative estimate of drug-likeness (QED) is 0.161. The summed E-state index contributed by atoms with van der Waals surface area (Å²) in [6.45, 7) is 22.1. The van der Waals surface area contributed by atoms with Gasteiger partial charge in [-0.3, -0.25) is 0 Å². The Morgan fingerprint density at radius 1 is 0.650 bits per heavy atom. The average Bonchev–Trinajstić information content (AvgIpc) is 3.87. The number of fused-ring (bicyclic) bond motifs is 7. The van der Waals surface area contributed by atoms with Crippen LogP contribution in [-0.2, 0) is 26.5 Å². The maximum absolute atomic E-state index is 6.75.